The number of hydrogen-bond donors (Lipinski definition) is 1. The molecule has 25 heavy (non-hydrogen) atoms. The van der Waals surface area contributed by atoms with E-state index in [-0.39, 0.29) is 29.6 Å². The van der Waals surface area contributed by atoms with Gasteiger partial charge in [0.05, 0.1) is 23.8 Å². The minimum absolute atomic E-state index is 0.0819. The zero-order valence-corrected chi connectivity index (χ0v) is 14.1. The van der Waals surface area contributed by atoms with Gasteiger partial charge in [0.25, 0.3) is 5.91 Å². The summed E-state index contributed by atoms with van der Waals surface area (Å²) in [6, 6.07) is 7.50. The van der Waals surface area contributed by atoms with Gasteiger partial charge in [0.2, 0.25) is 5.91 Å². The molecule has 2 aromatic rings. The smallest absolute Gasteiger partial charge is 0.257 e. The molecule has 2 amide bonds. The Labute approximate surface area is 145 Å². The van der Waals surface area contributed by atoms with E-state index in [9.17, 15) is 14.0 Å². The van der Waals surface area contributed by atoms with Crippen molar-refractivity contribution in [2.45, 2.75) is 25.8 Å². The number of carbonyl (C=O) groups is 2. The van der Waals surface area contributed by atoms with E-state index in [1.807, 2.05) is 6.92 Å². The topological polar surface area (TPSA) is 62.6 Å². The monoisotopic (exact) mass is 344 g/mol. The summed E-state index contributed by atoms with van der Waals surface area (Å²) in [6.07, 6.45) is 4.41. The highest BCUT2D eigenvalue weighted by Crippen LogP contribution is 2.21. The molecular formula is C19H21FN2O3. The zero-order chi connectivity index (χ0) is 17.8. The molecule has 1 aromatic carbocycles. The van der Waals surface area contributed by atoms with Gasteiger partial charge >= 0.3 is 0 Å². The van der Waals surface area contributed by atoms with Crippen LogP contribution in [0, 0.1) is 11.7 Å². The molecule has 1 saturated heterocycles. The third kappa shape index (κ3) is 4.07. The van der Waals surface area contributed by atoms with Crippen LogP contribution < -0.4 is 5.32 Å². The molecule has 0 aliphatic carbocycles. The van der Waals surface area contributed by atoms with Crippen LogP contribution in [0.1, 0.15) is 41.7 Å². The van der Waals surface area contributed by atoms with E-state index in [0.29, 0.717) is 18.7 Å². The molecule has 0 spiro atoms. The molecule has 2 heterocycles. The number of rotatable bonds is 4. The van der Waals surface area contributed by atoms with Crippen LogP contribution in [-0.2, 0) is 4.79 Å². The van der Waals surface area contributed by atoms with Crippen LogP contribution in [0.5, 0.6) is 0 Å². The van der Waals surface area contributed by atoms with E-state index in [1.54, 1.807) is 23.1 Å². The first-order valence-corrected chi connectivity index (χ1v) is 8.42. The van der Waals surface area contributed by atoms with Gasteiger partial charge in [-0.25, -0.2) is 4.39 Å². The van der Waals surface area contributed by atoms with Gasteiger partial charge in [-0.15, -0.1) is 0 Å². The van der Waals surface area contributed by atoms with Gasteiger partial charge in [0, 0.05) is 13.1 Å². The van der Waals surface area contributed by atoms with Crippen molar-refractivity contribution in [2.75, 3.05) is 13.1 Å². The summed E-state index contributed by atoms with van der Waals surface area (Å²) < 4.78 is 18.0. The van der Waals surface area contributed by atoms with Crippen LogP contribution in [0.3, 0.4) is 0 Å². The lowest BCUT2D eigenvalue weighted by Crippen LogP contribution is -2.45. The van der Waals surface area contributed by atoms with Crippen molar-refractivity contribution in [2.24, 2.45) is 5.92 Å². The molecule has 1 aliphatic heterocycles. The molecule has 0 radical (unpaired) electrons. The SMILES string of the molecule is C[C@H](NC(=O)[C@@H]1CCCN(C(=O)c2ccoc2)C1)c1ccc(F)cc1. The summed E-state index contributed by atoms with van der Waals surface area (Å²) in [5.74, 6) is -0.741. The summed E-state index contributed by atoms with van der Waals surface area (Å²) in [5, 5.41) is 2.96. The Morgan fingerprint density at radius 1 is 1.28 bits per heavy atom. The Bertz CT molecular complexity index is 728. The largest absolute Gasteiger partial charge is 0.472 e. The standard InChI is InChI=1S/C19H21FN2O3/c1-13(14-4-6-17(20)7-5-14)21-18(23)15-3-2-9-22(11-15)19(24)16-8-10-25-12-16/h4-8,10,12-13,15H,2-3,9,11H2,1H3,(H,21,23)/t13-,15+/m0/s1. The van der Waals surface area contributed by atoms with Crippen LogP contribution in [-0.4, -0.2) is 29.8 Å². The second-order valence-corrected chi connectivity index (χ2v) is 6.38. The number of nitrogens with zero attached hydrogens (tertiary/aromatic N) is 1. The lowest BCUT2D eigenvalue weighted by molar-refractivity contribution is -0.127. The van der Waals surface area contributed by atoms with Crippen LogP contribution in [0.15, 0.2) is 47.3 Å². The molecule has 6 heteroatoms. The van der Waals surface area contributed by atoms with E-state index in [0.717, 1.165) is 18.4 Å². The van der Waals surface area contributed by atoms with Crippen LogP contribution in [0.2, 0.25) is 0 Å². The Kier molecular flexibility index (Phi) is 5.16. The molecule has 132 valence electrons. The fourth-order valence-corrected chi connectivity index (χ4v) is 3.11. The zero-order valence-electron chi connectivity index (χ0n) is 14.1. The van der Waals surface area contributed by atoms with Crippen molar-refractivity contribution < 1.29 is 18.4 Å². The number of piperidine rings is 1. The van der Waals surface area contributed by atoms with E-state index >= 15 is 0 Å². The Balaban J connectivity index is 1.60. The van der Waals surface area contributed by atoms with Crippen molar-refractivity contribution in [1.82, 2.24) is 10.2 Å². The van der Waals surface area contributed by atoms with Crippen molar-refractivity contribution in [3.8, 4) is 0 Å². The third-order valence-corrected chi connectivity index (χ3v) is 4.58. The highest BCUT2D eigenvalue weighted by Gasteiger charge is 2.29. The predicted octanol–water partition coefficient (Wildman–Crippen LogP) is 3.15. The summed E-state index contributed by atoms with van der Waals surface area (Å²) in [6.45, 7) is 2.90. The van der Waals surface area contributed by atoms with E-state index in [1.165, 1.54) is 24.7 Å². The fourth-order valence-electron chi connectivity index (χ4n) is 3.11. The van der Waals surface area contributed by atoms with Gasteiger partial charge in [-0.1, -0.05) is 12.1 Å². The summed E-state index contributed by atoms with van der Waals surface area (Å²) >= 11 is 0. The maximum absolute atomic E-state index is 13.0. The van der Waals surface area contributed by atoms with E-state index in [2.05, 4.69) is 5.32 Å². The number of nitrogens with one attached hydrogen (secondary N) is 1. The first kappa shape index (κ1) is 17.2. The first-order chi connectivity index (χ1) is 12.0. The number of hydrogen-bond acceptors (Lipinski definition) is 3. The summed E-state index contributed by atoms with van der Waals surface area (Å²) in [4.78, 5) is 26.7. The molecule has 0 unspecified atom stereocenters. The van der Waals surface area contributed by atoms with Crippen molar-refractivity contribution in [1.29, 1.82) is 0 Å². The van der Waals surface area contributed by atoms with Gasteiger partial charge in [-0.2, -0.15) is 0 Å². The second kappa shape index (κ2) is 7.51. The van der Waals surface area contributed by atoms with Crippen molar-refractivity contribution in [3.05, 3.63) is 59.8 Å². The number of carbonyl (C=O) groups excluding carboxylic acids is 2. The third-order valence-electron chi connectivity index (χ3n) is 4.58. The average molecular weight is 344 g/mol. The lowest BCUT2D eigenvalue weighted by Gasteiger charge is -2.32. The minimum atomic E-state index is -0.303. The fraction of sp³-hybridized carbons (Fsp3) is 0.368. The minimum Gasteiger partial charge on any atom is -0.472 e. The molecule has 1 N–H and O–H groups in total. The first-order valence-electron chi connectivity index (χ1n) is 8.42. The van der Waals surface area contributed by atoms with Crippen LogP contribution in [0.25, 0.3) is 0 Å². The lowest BCUT2D eigenvalue weighted by atomic mass is 9.96. The van der Waals surface area contributed by atoms with Crippen molar-refractivity contribution in [3.63, 3.8) is 0 Å². The molecule has 1 aromatic heterocycles. The van der Waals surface area contributed by atoms with Gasteiger partial charge in [-0.05, 0) is 43.5 Å². The number of furan rings is 1. The molecule has 1 aliphatic rings. The normalized spacial score (nSPS) is 18.6. The molecule has 0 bridgehead atoms. The molecule has 2 atom stereocenters. The molecule has 3 rings (SSSR count). The summed E-state index contributed by atoms with van der Waals surface area (Å²) in [5.41, 5.74) is 1.35. The highest BCUT2D eigenvalue weighted by molar-refractivity contribution is 5.94. The number of amides is 2. The van der Waals surface area contributed by atoms with Crippen molar-refractivity contribution >= 4 is 11.8 Å². The average Bonchev–Trinajstić information content (AvgIpc) is 3.16. The van der Waals surface area contributed by atoms with E-state index in [4.69, 9.17) is 4.42 Å². The second-order valence-electron chi connectivity index (χ2n) is 6.38. The van der Waals surface area contributed by atoms with E-state index < -0.39 is 0 Å². The Morgan fingerprint density at radius 3 is 2.72 bits per heavy atom. The molecule has 1 fully saturated rings. The molecular weight excluding hydrogens is 323 g/mol. The number of halogens is 1. The highest BCUT2D eigenvalue weighted by atomic mass is 19.1. The quantitative estimate of drug-likeness (QED) is 0.927. The molecule has 0 saturated carbocycles. The maximum atomic E-state index is 13.0. The van der Waals surface area contributed by atoms with Gasteiger partial charge in [0.15, 0.2) is 0 Å². The van der Waals surface area contributed by atoms with Crippen LogP contribution in [0.4, 0.5) is 4.39 Å². The number of likely N-dealkylation sites (tertiary alicyclic amines) is 1. The molecule has 5 nitrogen and oxygen atoms in total. The van der Waals surface area contributed by atoms with Gasteiger partial charge in [-0.3, -0.25) is 9.59 Å². The maximum Gasteiger partial charge on any atom is 0.257 e. The van der Waals surface area contributed by atoms with Gasteiger partial charge in [0.1, 0.15) is 12.1 Å². The Hall–Kier alpha value is -2.63. The predicted molar refractivity (Wildman–Crippen MR) is 90.3 cm³/mol. The van der Waals surface area contributed by atoms with Crippen LogP contribution >= 0.6 is 0 Å². The summed E-state index contributed by atoms with van der Waals surface area (Å²) in [7, 11) is 0. The Morgan fingerprint density at radius 2 is 2.04 bits per heavy atom. The number of benzene rings is 1. The van der Waals surface area contributed by atoms with Gasteiger partial charge < -0.3 is 14.6 Å².